The van der Waals surface area contributed by atoms with E-state index in [9.17, 15) is 9.59 Å². The molecule has 144 valence electrons. The molecule has 0 aliphatic heterocycles. The quantitative estimate of drug-likeness (QED) is 0.559. The van der Waals surface area contributed by atoms with E-state index in [0.29, 0.717) is 27.7 Å². The molecule has 1 atom stereocenters. The van der Waals surface area contributed by atoms with Crippen molar-refractivity contribution >= 4 is 33.3 Å². The van der Waals surface area contributed by atoms with Gasteiger partial charge in [-0.1, -0.05) is 24.8 Å². The molecule has 0 radical (unpaired) electrons. The lowest BCUT2D eigenvalue weighted by molar-refractivity contribution is 0.102. The van der Waals surface area contributed by atoms with Crippen molar-refractivity contribution in [2.45, 2.75) is 13.0 Å². The van der Waals surface area contributed by atoms with Crippen molar-refractivity contribution in [3.63, 3.8) is 0 Å². The van der Waals surface area contributed by atoms with Crippen molar-refractivity contribution in [1.82, 2.24) is 9.55 Å². The lowest BCUT2D eigenvalue weighted by atomic mass is 10.1. The summed E-state index contributed by atoms with van der Waals surface area (Å²) in [4.78, 5) is 30.2. The van der Waals surface area contributed by atoms with E-state index in [4.69, 9.17) is 5.73 Å². The molecular weight excluding hydrogens is 364 g/mol. The number of carbonyl (C=O) groups excluding carboxylic acids is 1. The highest BCUT2D eigenvalue weighted by molar-refractivity contribution is 6.14. The lowest BCUT2D eigenvalue weighted by Crippen LogP contribution is -2.26. The Hall–Kier alpha value is -3.93. The lowest BCUT2D eigenvalue weighted by Gasteiger charge is -2.16. The number of benzene rings is 2. The molecule has 4 aromatic rings. The summed E-state index contributed by atoms with van der Waals surface area (Å²) in [6.45, 7) is 5.54. The van der Waals surface area contributed by atoms with Crippen molar-refractivity contribution in [2.24, 2.45) is 5.73 Å². The second-order valence-electron chi connectivity index (χ2n) is 6.88. The molecule has 0 aliphatic carbocycles. The summed E-state index contributed by atoms with van der Waals surface area (Å²) >= 11 is 0. The third-order valence-electron chi connectivity index (χ3n) is 5.07. The summed E-state index contributed by atoms with van der Waals surface area (Å²) in [5.74, 6) is -0.260. The Bertz CT molecular complexity index is 1320. The van der Waals surface area contributed by atoms with Crippen LogP contribution in [-0.4, -0.2) is 15.5 Å². The third kappa shape index (κ3) is 3.25. The number of pyridine rings is 2. The fourth-order valence-electron chi connectivity index (χ4n) is 3.38. The Balaban J connectivity index is 1.77. The van der Waals surface area contributed by atoms with Crippen LogP contribution in [0.25, 0.3) is 21.7 Å². The minimum Gasteiger partial charge on any atom is -0.401 e. The van der Waals surface area contributed by atoms with E-state index in [-0.39, 0.29) is 17.5 Å². The first kappa shape index (κ1) is 18.4. The van der Waals surface area contributed by atoms with Gasteiger partial charge < -0.3 is 15.6 Å². The van der Waals surface area contributed by atoms with Crippen LogP contribution in [0.4, 0.5) is 5.69 Å². The molecular formula is C23H20N4O2. The Kier molecular flexibility index (Phi) is 4.60. The molecule has 1 amide bonds. The predicted molar refractivity (Wildman–Crippen MR) is 116 cm³/mol. The average molecular weight is 384 g/mol. The first-order valence-electron chi connectivity index (χ1n) is 9.20. The molecule has 2 heterocycles. The minimum absolute atomic E-state index is 0.188. The molecule has 0 bridgehead atoms. The topological polar surface area (TPSA) is 90.0 Å². The molecule has 0 fully saturated rings. The molecule has 0 aliphatic rings. The van der Waals surface area contributed by atoms with Crippen LogP contribution in [0.5, 0.6) is 0 Å². The van der Waals surface area contributed by atoms with Crippen LogP contribution >= 0.6 is 0 Å². The maximum atomic E-state index is 13.0. The number of aromatic nitrogens is 2. The number of hydrogen-bond donors (Lipinski definition) is 2. The molecule has 3 N–H and O–H groups in total. The number of fused-ring (bicyclic) bond motifs is 2. The van der Waals surface area contributed by atoms with E-state index >= 15 is 0 Å². The number of allylic oxidation sites excluding steroid dienone is 1. The SMILES string of the molecule is C=C(N)[C@@H](C)n1ccc2c(NC(=O)c3cccc4ncccc34)cccc2c1=O. The Labute approximate surface area is 167 Å². The zero-order valence-electron chi connectivity index (χ0n) is 15.9. The number of nitrogens with zero attached hydrogens (tertiary/aromatic N) is 2. The molecule has 0 spiro atoms. The van der Waals surface area contributed by atoms with Gasteiger partial charge in [0.15, 0.2) is 0 Å². The van der Waals surface area contributed by atoms with E-state index < -0.39 is 0 Å². The van der Waals surface area contributed by atoms with E-state index in [1.165, 1.54) is 4.57 Å². The summed E-state index contributed by atoms with van der Waals surface area (Å²) in [5, 5.41) is 4.86. The van der Waals surface area contributed by atoms with E-state index in [1.54, 1.807) is 54.9 Å². The van der Waals surface area contributed by atoms with Crippen molar-refractivity contribution in [2.75, 3.05) is 5.32 Å². The monoisotopic (exact) mass is 384 g/mol. The van der Waals surface area contributed by atoms with Crippen molar-refractivity contribution in [3.05, 3.63) is 95.2 Å². The number of anilines is 1. The van der Waals surface area contributed by atoms with Gasteiger partial charge in [-0.05, 0) is 43.3 Å². The largest absolute Gasteiger partial charge is 0.401 e. The first-order valence-corrected chi connectivity index (χ1v) is 9.20. The van der Waals surface area contributed by atoms with Crippen LogP contribution in [0.1, 0.15) is 23.3 Å². The van der Waals surface area contributed by atoms with E-state index in [0.717, 1.165) is 10.9 Å². The molecule has 0 unspecified atom stereocenters. The molecule has 29 heavy (non-hydrogen) atoms. The molecule has 2 aromatic carbocycles. The van der Waals surface area contributed by atoms with Crippen LogP contribution in [0.3, 0.4) is 0 Å². The number of hydrogen-bond acceptors (Lipinski definition) is 4. The standard InChI is InChI=1S/C23H20N4O2/c1-14(24)15(2)27-13-11-17-19(23(27)29)7-4-10-21(17)26-22(28)18-6-3-9-20-16(18)8-5-12-25-20/h3-13,15H,1,24H2,2H3,(H,26,28)/t15-/m1/s1. The van der Waals surface area contributed by atoms with Gasteiger partial charge in [0, 0.05) is 45.5 Å². The highest BCUT2D eigenvalue weighted by Gasteiger charge is 2.15. The number of nitrogens with one attached hydrogen (secondary N) is 1. The summed E-state index contributed by atoms with van der Waals surface area (Å²) in [6.07, 6.45) is 3.36. The number of carbonyl (C=O) groups is 1. The number of amides is 1. The Morgan fingerprint density at radius 3 is 2.62 bits per heavy atom. The van der Waals surface area contributed by atoms with Crippen LogP contribution < -0.4 is 16.6 Å². The Morgan fingerprint density at radius 1 is 1.07 bits per heavy atom. The van der Waals surface area contributed by atoms with Crippen LogP contribution in [-0.2, 0) is 0 Å². The highest BCUT2D eigenvalue weighted by Crippen LogP contribution is 2.24. The summed E-state index contributed by atoms with van der Waals surface area (Å²) in [7, 11) is 0. The smallest absolute Gasteiger partial charge is 0.259 e. The van der Waals surface area contributed by atoms with Gasteiger partial charge in [-0.3, -0.25) is 14.6 Å². The highest BCUT2D eigenvalue weighted by atomic mass is 16.1. The van der Waals surface area contributed by atoms with Gasteiger partial charge in [0.1, 0.15) is 0 Å². The minimum atomic E-state index is -0.326. The maximum absolute atomic E-state index is 13.0. The predicted octanol–water partition coefficient (Wildman–Crippen LogP) is 3.84. The third-order valence-corrected chi connectivity index (χ3v) is 5.07. The second kappa shape index (κ2) is 7.24. The van der Waals surface area contributed by atoms with Gasteiger partial charge in [-0.2, -0.15) is 0 Å². The summed E-state index contributed by atoms with van der Waals surface area (Å²) < 4.78 is 1.53. The normalized spacial score (nSPS) is 12.0. The number of rotatable bonds is 4. The second-order valence-corrected chi connectivity index (χ2v) is 6.88. The molecule has 4 rings (SSSR count). The van der Waals surface area contributed by atoms with E-state index in [2.05, 4.69) is 16.9 Å². The van der Waals surface area contributed by atoms with Crippen LogP contribution in [0, 0.1) is 0 Å². The molecule has 6 heteroatoms. The van der Waals surface area contributed by atoms with Crippen LogP contribution in [0.15, 0.2) is 84.1 Å². The molecule has 0 saturated carbocycles. The van der Waals surface area contributed by atoms with Crippen molar-refractivity contribution in [3.8, 4) is 0 Å². The fraction of sp³-hybridized carbons (Fsp3) is 0.0870. The molecule has 6 nitrogen and oxygen atoms in total. The maximum Gasteiger partial charge on any atom is 0.259 e. The summed E-state index contributed by atoms with van der Waals surface area (Å²) in [6, 6.07) is 15.8. The molecule has 0 saturated heterocycles. The van der Waals surface area contributed by atoms with Gasteiger partial charge in [0.25, 0.3) is 11.5 Å². The average Bonchev–Trinajstić information content (AvgIpc) is 2.73. The number of nitrogens with two attached hydrogens (primary N) is 1. The molecule has 2 aromatic heterocycles. The van der Waals surface area contributed by atoms with Crippen molar-refractivity contribution in [1.29, 1.82) is 0 Å². The first-order chi connectivity index (χ1) is 14.0. The van der Waals surface area contributed by atoms with Gasteiger partial charge in [0.05, 0.1) is 11.6 Å². The van der Waals surface area contributed by atoms with Gasteiger partial charge in [-0.25, -0.2) is 0 Å². The van der Waals surface area contributed by atoms with Gasteiger partial charge in [0.2, 0.25) is 0 Å². The zero-order chi connectivity index (χ0) is 20.5. The van der Waals surface area contributed by atoms with Crippen LogP contribution in [0.2, 0.25) is 0 Å². The van der Waals surface area contributed by atoms with E-state index in [1.807, 2.05) is 19.1 Å². The fourth-order valence-corrected chi connectivity index (χ4v) is 3.38. The van der Waals surface area contributed by atoms with Gasteiger partial charge in [-0.15, -0.1) is 0 Å². The van der Waals surface area contributed by atoms with Gasteiger partial charge >= 0.3 is 0 Å². The van der Waals surface area contributed by atoms with Crippen molar-refractivity contribution < 1.29 is 4.79 Å². The zero-order valence-corrected chi connectivity index (χ0v) is 15.9. The Morgan fingerprint density at radius 2 is 1.83 bits per heavy atom. The summed E-state index contributed by atoms with van der Waals surface area (Å²) in [5.41, 5.74) is 7.82.